The van der Waals surface area contributed by atoms with Gasteiger partial charge < -0.3 is 9.84 Å². The van der Waals surface area contributed by atoms with Crippen LogP contribution in [0.1, 0.15) is 37.6 Å². The smallest absolute Gasteiger partial charge is 0.493 e. The summed E-state index contributed by atoms with van der Waals surface area (Å²) in [6.45, 7) is 7.94. The highest BCUT2D eigenvalue weighted by atomic mass is 19.4. The summed E-state index contributed by atoms with van der Waals surface area (Å²) in [5, 5.41) is 10.5. The van der Waals surface area contributed by atoms with E-state index in [9.17, 15) is 23.1 Å². The molecule has 0 saturated heterocycles. The van der Waals surface area contributed by atoms with Gasteiger partial charge >= 0.3 is 12.1 Å². The fourth-order valence-electron chi connectivity index (χ4n) is 3.26. The van der Waals surface area contributed by atoms with E-state index in [0.29, 0.717) is 5.69 Å². The molecule has 0 aliphatic rings. The summed E-state index contributed by atoms with van der Waals surface area (Å²) in [6.07, 6.45) is -1.41. The number of alkyl halides is 3. The van der Waals surface area contributed by atoms with Gasteiger partial charge in [0, 0.05) is 12.4 Å². The van der Waals surface area contributed by atoms with Gasteiger partial charge in [-0.05, 0) is 53.8 Å². The number of hydrogen-bond acceptors (Lipinski definition) is 4. The Morgan fingerprint density at radius 1 is 1.10 bits per heavy atom. The van der Waals surface area contributed by atoms with Crippen molar-refractivity contribution >= 4 is 0 Å². The van der Waals surface area contributed by atoms with Gasteiger partial charge in [0.15, 0.2) is 0 Å². The molecular weight excluding hydrogens is 399 g/mol. The van der Waals surface area contributed by atoms with Gasteiger partial charge in [0.05, 0.1) is 17.9 Å². The summed E-state index contributed by atoms with van der Waals surface area (Å²) in [6, 6.07) is 6.55. The molecule has 160 valence electrons. The van der Waals surface area contributed by atoms with Crippen molar-refractivity contribution in [3.8, 4) is 17.3 Å². The normalized spacial score (nSPS) is 12.2. The van der Waals surface area contributed by atoms with Crippen LogP contribution in [0.15, 0.2) is 47.5 Å². The maximum absolute atomic E-state index is 13.0. The summed E-state index contributed by atoms with van der Waals surface area (Å²) in [4.78, 5) is 17.2. The van der Waals surface area contributed by atoms with E-state index in [1.807, 2.05) is 26.8 Å². The fraction of sp³-hybridized carbons (Fsp3) is 0.333. The average molecular weight is 421 g/mol. The van der Waals surface area contributed by atoms with Crippen LogP contribution >= 0.6 is 0 Å². The molecule has 0 amide bonds. The maximum Gasteiger partial charge on any atom is 0.573 e. The number of imidazole rings is 1. The molecule has 2 aromatic heterocycles. The number of rotatable bonds is 4. The second kappa shape index (κ2) is 7.55. The van der Waals surface area contributed by atoms with Gasteiger partial charge in [0.25, 0.3) is 0 Å². The summed E-state index contributed by atoms with van der Waals surface area (Å²) in [7, 11) is 0. The van der Waals surface area contributed by atoms with Crippen LogP contribution in [0.25, 0.3) is 5.69 Å². The molecule has 3 aromatic rings. The SMILES string of the molecule is Cc1c(O)n(-c2ccc(OC(F)(F)F)cc2)c(=O)n1Cc1ccncc1C(C)(C)C. The minimum absolute atomic E-state index is 0.194. The number of benzene rings is 1. The fourth-order valence-corrected chi connectivity index (χ4v) is 3.26. The van der Waals surface area contributed by atoms with Crippen LogP contribution in [-0.2, 0) is 12.0 Å². The van der Waals surface area contributed by atoms with Crippen LogP contribution in [-0.4, -0.2) is 25.6 Å². The molecule has 0 aliphatic carbocycles. The van der Waals surface area contributed by atoms with Crippen LogP contribution < -0.4 is 10.4 Å². The summed E-state index contributed by atoms with van der Waals surface area (Å²) < 4.78 is 43.4. The highest BCUT2D eigenvalue weighted by Gasteiger charge is 2.31. The van der Waals surface area contributed by atoms with E-state index in [0.717, 1.165) is 27.8 Å². The number of aromatic nitrogens is 3. The summed E-state index contributed by atoms with van der Waals surface area (Å²) >= 11 is 0. The first-order valence-electron chi connectivity index (χ1n) is 9.19. The Bertz CT molecular complexity index is 1110. The van der Waals surface area contributed by atoms with Gasteiger partial charge in [-0.2, -0.15) is 0 Å². The van der Waals surface area contributed by atoms with E-state index in [1.165, 1.54) is 16.7 Å². The molecule has 9 heteroatoms. The molecule has 0 aliphatic heterocycles. The van der Waals surface area contributed by atoms with Crippen molar-refractivity contribution in [1.82, 2.24) is 14.1 Å². The third-order valence-electron chi connectivity index (χ3n) is 4.74. The first-order valence-corrected chi connectivity index (χ1v) is 9.19. The number of hydrogen-bond donors (Lipinski definition) is 1. The molecule has 0 atom stereocenters. The van der Waals surface area contributed by atoms with Gasteiger partial charge in [-0.15, -0.1) is 13.2 Å². The Labute approximate surface area is 171 Å². The lowest BCUT2D eigenvalue weighted by atomic mass is 9.85. The molecule has 6 nitrogen and oxygen atoms in total. The number of halogens is 3. The summed E-state index contributed by atoms with van der Waals surface area (Å²) in [5.41, 5.74) is 1.71. The average Bonchev–Trinajstić information content (AvgIpc) is 2.84. The molecule has 0 saturated carbocycles. The first kappa shape index (κ1) is 21.5. The highest BCUT2D eigenvalue weighted by molar-refractivity contribution is 5.42. The first-order chi connectivity index (χ1) is 13.9. The molecular formula is C21H22F3N3O3. The van der Waals surface area contributed by atoms with Crippen molar-refractivity contribution in [3.63, 3.8) is 0 Å². The Morgan fingerprint density at radius 3 is 2.30 bits per heavy atom. The molecule has 0 fully saturated rings. The Morgan fingerprint density at radius 2 is 1.73 bits per heavy atom. The number of ether oxygens (including phenoxy) is 1. The van der Waals surface area contributed by atoms with Gasteiger partial charge in [0.1, 0.15) is 5.75 Å². The summed E-state index contributed by atoms with van der Waals surface area (Å²) in [5.74, 6) is -0.697. The van der Waals surface area contributed by atoms with Gasteiger partial charge in [-0.1, -0.05) is 20.8 Å². The highest BCUT2D eigenvalue weighted by Crippen LogP contribution is 2.28. The third-order valence-corrected chi connectivity index (χ3v) is 4.74. The molecule has 30 heavy (non-hydrogen) atoms. The zero-order valence-electron chi connectivity index (χ0n) is 17.0. The van der Waals surface area contributed by atoms with Crippen molar-refractivity contribution in [1.29, 1.82) is 0 Å². The standard InChI is InChI=1S/C21H22F3N3O3/c1-13-18(28)27(15-5-7-16(8-6-15)30-21(22,23)24)19(29)26(13)12-14-9-10-25-11-17(14)20(2,3)4/h5-11,28H,12H2,1-4H3. The predicted octanol–water partition coefficient (Wildman–Crippen LogP) is 4.29. The lowest BCUT2D eigenvalue weighted by Gasteiger charge is -2.22. The quantitative estimate of drug-likeness (QED) is 0.682. The van der Waals surface area contributed by atoms with Crippen LogP contribution in [0.5, 0.6) is 11.6 Å². The molecule has 0 radical (unpaired) electrons. The van der Waals surface area contributed by atoms with E-state index >= 15 is 0 Å². The zero-order chi connectivity index (χ0) is 22.3. The molecule has 0 bridgehead atoms. The van der Waals surface area contributed by atoms with E-state index in [-0.39, 0.29) is 23.5 Å². The topological polar surface area (TPSA) is 69.3 Å². The monoisotopic (exact) mass is 421 g/mol. The van der Waals surface area contributed by atoms with Crippen LogP contribution in [0.4, 0.5) is 13.2 Å². The van der Waals surface area contributed by atoms with Crippen molar-refractivity contribution in [2.24, 2.45) is 0 Å². The number of aromatic hydroxyl groups is 1. The van der Waals surface area contributed by atoms with E-state index in [1.54, 1.807) is 19.3 Å². The largest absolute Gasteiger partial charge is 0.573 e. The van der Waals surface area contributed by atoms with Gasteiger partial charge in [0.2, 0.25) is 5.88 Å². The van der Waals surface area contributed by atoms with E-state index in [4.69, 9.17) is 0 Å². The van der Waals surface area contributed by atoms with E-state index < -0.39 is 17.8 Å². The Kier molecular flexibility index (Phi) is 5.40. The minimum atomic E-state index is -4.81. The van der Waals surface area contributed by atoms with Crippen LogP contribution in [0.3, 0.4) is 0 Å². The predicted molar refractivity (Wildman–Crippen MR) is 105 cm³/mol. The van der Waals surface area contributed by atoms with Gasteiger partial charge in [-0.3, -0.25) is 9.55 Å². The third kappa shape index (κ3) is 4.34. The Balaban J connectivity index is 2.01. The van der Waals surface area contributed by atoms with Crippen LogP contribution in [0.2, 0.25) is 0 Å². The molecule has 0 spiro atoms. The second-order valence-electron chi connectivity index (χ2n) is 7.94. The van der Waals surface area contributed by atoms with Crippen molar-refractivity contribution in [2.75, 3.05) is 0 Å². The van der Waals surface area contributed by atoms with Crippen molar-refractivity contribution in [3.05, 3.63) is 70.0 Å². The van der Waals surface area contributed by atoms with Crippen molar-refractivity contribution < 1.29 is 23.0 Å². The molecule has 2 heterocycles. The van der Waals surface area contributed by atoms with Gasteiger partial charge in [-0.25, -0.2) is 9.36 Å². The van der Waals surface area contributed by atoms with Crippen LogP contribution in [0, 0.1) is 6.92 Å². The molecule has 3 rings (SSSR count). The minimum Gasteiger partial charge on any atom is -0.493 e. The number of nitrogens with zero attached hydrogens (tertiary/aromatic N) is 3. The molecule has 0 unspecified atom stereocenters. The molecule has 1 N–H and O–H groups in total. The molecule has 1 aromatic carbocycles. The maximum atomic E-state index is 13.0. The lowest BCUT2D eigenvalue weighted by Crippen LogP contribution is -2.26. The number of pyridine rings is 1. The Hall–Kier alpha value is -3.23. The van der Waals surface area contributed by atoms with Crippen molar-refractivity contribution in [2.45, 2.75) is 46.0 Å². The lowest BCUT2D eigenvalue weighted by molar-refractivity contribution is -0.274. The second-order valence-corrected chi connectivity index (χ2v) is 7.94. The van der Waals surface area contributed by atoms with E-state index in [2.05, 4.69) is 9.72 Å². The zero-order valence-corrected chi connectivity index (χ0v) is 17.0.